The molecule has 0 amide bonds. The van der Waals surface area contributed by atoms with Gasteiger partial charge in [-0.05, 0) is 44.1 Å². The summed E-state index contributed by atoms with van der Waals surface area (Å²) >= 11 is 0. The molecule has 1 saturated heterocycles. The van der Waals surface area contributed by atoms with Crippen LogP contribution in [0.25, 0.3) is 0 Å². The van der Waals surface area contributed by atoms with E-state index in [9.17, 15) is 0 Å². The number of hydrogen-bond acceptors (Lipinski definition) is 1. The Hall–Kier alpha value is -0.0400. The third-order valence-corrected chi connectivity index (χ3v) is 4.01. The molecule has 84 valence electrons. The molecule has 14 heavy (non-hydrogen) atoms. The van der Waals surface area contributed by atoms with Crippen LogP contribution in [0.1, 0.15) is 48.0 Å². The van der Waals surface area contributed by atoms with Gasteiger partial charge in [-0.3, -0.25) is 0 Å². The van der Waals surface area contributed by atoms with Gasteiger partial charge >= 0.3 is 0 Å². The highest BCUT2D eigenvalue weighted by molar-refractivity contribution is 4.89. The second-order valence-corrected chi connectivity index (χ2v) is 6.18. The van der Waals surface area contributed by atoms with E-state index in [1.165, 1.54) is 19.5 Å². The second-order valence-electron chi connectivity index (χ2n) is 6.18. The molecular weight excluding hydrogens is 170 g/mol. The van der Waals surface area contributed by atoms with E-state index in [1.807, 2.05) is 0 Å². The molecule has 0 saturated carbocycles. The fraction of sp³-hybridized carbons (Fsp3) is 1.00. The van der Waals surface area contributed by atoms with Crippen molar-refractivity contribution in [2.24, 2.45) is 17.3 Å². The van der Waals surface area contributed by atoms with E-state index in [-0.39, 0.29) is 0 Å². The first kappa shape index (κ1) is 12.0. The van der Waals surface area contributed by atoms with Crippen LogP contribution in [0.15, 0.2) is 0 Å². The lowest BCUT2D eigenvalue weighted by molar-refractivity contribution is 0.0176. The van der Waals surface area contributed by atoms with Gasteiger partial charge in [-0.15, -0.1) is 0 Å². The molecule has 0 bridgehead atoms. The largest absolute Gasteiger partial charge is 0.301 e. The van der Waals surface area contributed by atoms with E-state index >= 15 is 0 Å². The third-order valence-electron chi connectivity index (χ3n) is 4.01. The second kappa shape index (κ2) is 4.22. The summed E-state index contributed by atoms with van der Waals surface area (Å²) < 4.78 is 0. The number of likely N-dealkylation sites (tertiary alicyclic amines) is 1. The van der Waals surface area contributed by atoms with Crippen LogP contribution in [-0.2, 0) is 0 Å². The van der Waals surface area contributed by atoms with Crippen molar-refractivity contribution in [1.82, 2.24) is 4.90 Å². The molecule has 1 heteroatoms. The highest BCUT2D eigenvalue weighted by Gasteiger charge is 2.37. The van der Waals surface area contributed by atoms with Crippen LogP contribution in [0, 0.1) is 17.3 Å². The quantitative estimate of drug-likeness (QED) is 0.656. The van der Waals surface area contributed by atoms with E-state index in [1.54, 1.807) is 0 Å². The molecule has 0 radical (unpaired) electrons. The average molecular weight is 197 g/mol. The summed E-state index contributed by atoms with van der Waals surface area (Å²) in [4.78, 5) is 2.63. The summed E-state index contributed by atoms with van der Waals surface area (Å²) in [6.45, 7) is 16.8. The summed E-state index contributed by atoms with van der Waals surface area (Å²) in [5.41, 5.74) is 0.541. The Morgan fingerprint density at radius 2 is 1.71 bits per heavy atom. The molecule has 1 nitrogen and oxygen atoms in total. The van der Waals surface area contributed by atoms with Gasteiger partial charge in [-0.25, -0.2) is 0 Å². The first-order valence-electron chi connectivity index (χ1n) is 6.08. The average Bonchev–Trinajstić information content (AvgIpc) is 2.02. The smallest absolute Gasteiger partial charge is 0.00387 e. The van der Waals surface area contributed by atoms with E-state index in [4.69, 9.17) is 0 Å². The lowest BCUT2D eigenvalue weighted by Crippen LogP contribution is -2.49. The predicted molar refractivity (Wildman–Crippen MR) is 63.4 cm³/mol. The maximum absolute atomic E-state index is 2.63. The van der Waals surface area contributed by atoms with Crippen LogP contribution in [0.5, 0.6) is 0 Å². The van der Waals surface area contributed by atoms with Crippen molar-refractivity contribution in [3.05, 3.63) is 0 Å². The first-order valence-corrected chi connectivity index (χ1v) is 6.08. The molecule has 1 aliphatic heterocycles. The SMILES string of the molecule is CC(C)C1CN(C(C)C)CCC1(C)C. The van der Waals surface area contributed by atoms with Gasteiger partial charge in [0.15, 0.2) is 0 Å². The van der Waals surface area contributed by atoms with Gasteiger partial charge < -0.3 is 4.90 Å². The zero-order chi connectivity index (χ0) is 10.9. The molecule has 0 N–H and O–H groups in total. The summed E-state index contributed by atoms with van der Waals surface area (Å²) in [5, 5.41) is 0. The molecule has 1 atom stereocenters. The molecule has 0 aromatic rings. The predicted octanol–water partition coefficient (Wildman–Crippen LogP) is 3.40. The van der Waals surface area contributed by atoms with Gasteiger partial charge in [-0.1, -0.05) is 27.7 Å². The Morgan fingerprint density at radius 3 is 2.14 bits per heavy atom. The Labute approximate surface area is 89.9 Å². The van der Waals surface area contributed by atoms with Gasteiger partial charge in [0.05, 0.1) is 0 Å². The molecular formula is C13H27N. The molecule has 0 aliphatic carbocycles. The molecule has 0 spiro atoms. The number of nitrogens with zero attached hydrogens (tertiary/aromatic N) is 1. The standard InChI is InChI=1S/C13H27N/c1-10(2)12-9-14(11(3)4)8-7-13(12,5)6/h10-12H,7-9H2,1-6H3. The molecule has 1 rings (SSSR count). The zero-order valence-corrected chi connectivity index (χ0v) is 10.8. The minimum atomic E-state index is 0.541. The highest BCUT2D eigenvalue weighted by atomic mass is 15.2. The highest BCUT2D eigenvalue weighted by Crippen LogP contribution is 2.40. The molecule has 1 unspecified atom stereocenters. The monoisotopic (exact) mass is 197 g/mol. The maximum Gasteiger partial charge on any atom is 0.00387 e. The number of piperidine rings is 1. The first-order chi connectivity index (χ1) is 6.34. The fourth-order valence-electron chi connectivity index (χ4n) is 2.79. The van der Waals surface area contributed by atoms with Crippen LogP contribution in [0.2, 0.25) is 0 Å². The Kier molecular flexibility index (Phi) is 3.63. The van der Waals surface area contributed by atoms with Crippen molar-refractivity contribution < 1.29 is 0 Å². The third kappa shape index (κ3) is 2.50. The van der Waals surface area contributed by atoms with Gasteiger partial charge in [0.25, 0.3) is 0 Å². The van der Waals surface area contributed by atoms with Gasteiger partial charge in [0.1, 0.15) is 0 Å². The van der Waals surface area contributed by atoms with Crippen LogP contribution >= 0.6 is 0 Å². The lowest BCUT2D eigenvalue weighted by atomic mass is 9.68. The Balaban J connectivity index is 2.68. The lowest BCUT2D eigenvalue weighted by Gasteiger charge is -2.47. The summed E-state index contributed by atoms with van der Waals surface area (Å²) in [5.74, 6) is 1.67. The van der Waals surface area contributed by atoms with Crippen molar-refractivity contribution in [3.8, 4) is 0 Å². The van der Waals surface area contributed by atoms with Crippen LogP contribution in [0.3, 0.4) is 0 Å². The molecule has 0 aromatic carbocycles. The van der Waals surface area contributed by atoms with E-state index in [0.717, 1.165) is 11.8 Å². The van der Waals surface area contributed by atoms with Gasteiger partial charge in [-0.2, -0.15) is 0 Å². The van der Waals surface area contributed by atoms with Crippen molar-refractivity contribution in [3.63, 3.8) is 0 Å². The maximum atomic E-state index is 2.63. The van der Waals surface area contributed by atoms with E-state index < -0.39 is 0 Å². The number of rotatable bonds is 2. The zero-order valence-electron chi connectivity index (χ0n) is 10.8. The topological polar surface area (TPSA) is 3.24 Å². The van der Waals surface area contributed by atoms with Crippen molar-refractivity contribution in [2.45, 2.75) is 54.0 Å². The van der Waals surface area contributed by atoms with E-state index in [2.05, 4.69) is 46.4 Å². The van der Waals surface area contributed by atoms with Gasteiger partial charge in [0.2, 0.25) is 0 Å². The molecule has 1 aliphatic rings. The normalized spacial score (nSPS) is 28.7. The molecule has 0 aromatic heterocycles. The van der Waals surface area contributed by atoms with Crippen LogP contribution in [-0.4, -0.2) is 24.0 Å². The van der Waals surface area contributed by atoms with Crippen LogP contribution < -0.4 is 0 Å². The summed E-state index contributed by atoms with van der Waals surface area (Å²) in [7, 11) is 0. The summed E-state index contributed by atoms with van der Waals surface area (Å²) in [6.07, 6.45) is 1.36. The molecule has 1 fully saturated rings. The minimum Gasteiger partial charge on any atom is -0.301 e. The van der Waals surface area contributed by atoms with Crippen LogP contribution in [0.4, 0.5) is 0 Å². The number of hydrogen-bond donors (Lipinski definition) is 0. The Bertz CT molecular complexity index is 182. The van der Waals surface area contributed by atoms with Gasteiger partial charge in [0, 0.05) is 12.6 Å². The molecule has 1 heterocycles. The summed E-state index contributed by atoms with van der Waals surface area (Å²) in [6, 6.07) is 0.715. The van der Waals surface area contributed by atoms with Crippen molar-refractivity contribution in [2.75, 3.05) is 13.1 Å². The minimum absolute atomic E-state index is 0.541. The van der Waals surface area contributed by atoms with Crippen molar-refractivity contribution in [1.29, 1.82) is 0 Å². The fourth-order valence-corrected chi connectivity index (χ4v) is 2.79. The van der Waals surface area contributed by atoms with Crippen molar-refractivity contribution >= 4 is 0 Å². The Morgan fingerprint density at radius 1 is 1.14 bits per heavy atom. The van der Waals surface area contributed by atoms with E-state index in [0.29, 0.717) is 11.5 Å².